The molecule has 8 nitrogen and oxygen atoms in total. The summed E-state index contributed by atoms with van der Waals surface area (Å²) in [6.07, 6.45) is 1.30. The van der Waals surface area contributed by atoms with E-state index in [1.54, 1.807) is 12.5 Å². The van der Waals surface area contributed by atoms with E-state index in [2.05, 4.69) is 9.80 Å². The number of benzene rings is 2. The molecule has 4 atom stereocenters. The molecule has 6 rings (SSSR count). The van der Waals surface area contributed by atoms with Crippen LogP contribution in [0.5, 0.6) is 11.5 Å². The van der Waals surface area contributed by atoms with Gasteiger partial charge in [0, 0.05) is 59.8 Å². The Morgan fingerprint density at radius 3 is 1.32 bits per heavy atom. The van der Waals surface area contributed by atoms with Crippen molar-refractivity contribution in [2.75, 3.05) is 79.3 Å². The van der Waals surface area contributed by atoms with E-state index in [1.165, 1.54) is 39.9 Å². The standard InChI is InChI=1S/2C20H26F3NO3S/c2*1-26-17-10-14(20(21,22)23)11-18(28-2)19(17)16(25)9-13-12-27-8-5-15(13)24-6-3-4-7-24/h2*10-11,13,15H,3-9,12H2,1-2H3/t2*13-,15-/m10/s1. The molecule has 0 spiro atoms. The summed E-state index contributed by atoms with van der Waals surface area (Å²) in [7, 11) is 2.60. The average Bonchev–Trinajstić information content (AvgIpc) is 3.93. The Hall–Kier alpha value is -2.50. The largest absolute Gasteiger partial charge is 0.496 e. The maximum absolute atomic E-state index is 13.2. The zero-order valence-electron chi connectivity index (χ0n) is 32.4. The first kappa shape index (κ1) is 44.6. The van der Waals surface area contributed by atoms with Crippen LogP contribution in [0.4, 0.5) is 26.3 Å². The first-order valence-corrected chi connectivity index (χ1v) is 21.5. The summed E-state index contributed by atoms with van der Waals surface area (Å²) in [6, 6.07) is 4.49. The molecule has 0 saturated carbocycles. The fourth-order valence-corrected chi connectivity index (χ4v) is 9.78. The minimum Gasteiger partial charge on any atom is -0.496 e. The van der Waals surface area contributed by atoms with Gasteiger partial charge < -0.3 is 18.9 Å². The van der Waals surface area contributed by atoms with Crippen LogP contribution in [0.1, 0.15) is 83.2 Å². The van der Waals surface area contributed by atoms with Crippen molar-refractivity contribution in [1.29, 1.82) is 0 Å². The van der Waals surface area contributed by atoms with Gasteiger partial charge in [-0.3, -0.25) is 19.4 Å². The lowest BCUT2D eigenvalue weighted by atomic mass is 9.87. The van der Waals surface area contributed by atoms with Crippen molar-refractivity contribution in [2.24, 2.45) is 11.8 Å². The Kier molecular flexibility index (Phi) is 15.9. The van der Waals surface area contributed by atoms with Gasteiger partial charge in [0.05, 0.1) is 49.7 Å². The fraction of sp³-hybridized carbons (Fsp3) is 0.650. The van der Waals surface area contributed by atoms with E-state index >= 15 is 0 Å². The highest BCUT2D eigenvalue weighted by Crippen LogP contribution is 2.41. The first-order valence-electron chi connectivity index (χ1n) is 19.1. The Morgan fingerprint density at radius 2 is 1.02 bits per heavy atom. The maximum atomic E-state index is 13.2. The lowest BCUT2D eigenvalue weighted by molar-refractivity contribution is -0.138. The van der Waals surface area contributed by atoms with Gasteiger partial charge in [0.1, 0.15) is 11.5 Å². The summed E-state index contributed by atoms with van der Waals surface area (Å²) in [6.45, 7) is 6.53. The molecule has 0 amide bonds. The smallest absolute Gasteiger partial charge is 0.416 e. The van der Waals surface area contributed by atoms with Crippen LogP contribution in [-0.4, -0.2) is 113 Å². The van der Waals surface area contributed by atoms with Crippen LogP contribution in [0.2, 0.25) is 0 Å². The van der Waals surface area contributed by atoms with Crippen LogP contribution >= 0.6 is 23.5 Å². The number of likely N-dealkylation sites (tertiary alicyclic amines) is 2. The average molecular weight is 835 g/mol. The third kappa shape index (κ3) is 11.0. The number of rotatable bonds is 12. The van der Waals surface area contributed by atoms with Crippen molar-refractivity contribution < 1.29 is 54.9 Å². The Labute approximate surface area is 333 Å². The summed E-state index contributed by atoms with van der Waals surface area (Å²) >= 11 is 2.26. The number of alkyl halides is 6. The van der Waals surface area contributed by atoms with Crippen molar-refractivity contribution in [1.82, 2.24) is 9.80 Å². The van der Waals surface area contributed by atoms with E-state index < -0.39 is 23.5 Å². The van der Waals surface area contributed by atoms with Crippen LogP contribution in [0.25, 0.3) is 0 Å². The molecule has 2 aromatic rings. The Balaban J connectivity index is 0.000000214. The van der Waals surface area contributed by atoms with Crippen molar-refractivity contribution in [3.63, 3.8) is 0 Å². The molecule has 56 heavy (non-hydrogen) atoms. The summed E-state index contributed by atoms with van der Waals surface area (Å²) in [5, 5.41) is 0. The molecule has 0 bridgehead atoms. The zero-order valence-corrected chi connectivity index (χ0v) is 34.0. The summed E-state index contributed by atoms with van der Waals surface area (Å²) in [5.41, 5.74) is -1.12. The lowest BCUT2D eigenvalue weighted by Gasteiger charge is -2.37. The van der Waals surface area contributed by atoms with Crippen LogP contribution in [0.3, 0.4) is 0 Å². The second-order valence-electron chi connectivity index (χ2n) is 14.6. The van der Waals surface area contributed by atoms with Crippen molar-refractivity contribution in [2.45, 2.75) is 85.6 Å². The molecule has 16 heteroatoms. The minimum absolute atomic E-state index is 0.0152. The molecule has 312 valence electrons. The molecule has 4 saturated heterocycles. The monoisotopic (exact) mass is 834 g/mol. The highest BCUT2D eigenvalue weighted by Gasteiger charge is 2.38. The molecule has 2 aromatic carbocycles. The molecule has 0 aliphatic carbocycles. The van der Waals surface area contributed by atoms with Crippen LogP contribution in [0.15, 0.2) is 34.1 Å². The molecule has 4 aliphatic rings. The third-order valence-corrected chi connectivity index (χ3v) is 12.7. The van der Waals surface area contributed by atoms with E-state index in [4.69, 9.17) is 18.9 Å². The number of Topliss-reactive ketones (excluding diaryl/α,β-unsaturated/α-hetero) is 2. The number of ether oxygens (including phenoxy) is 4. The molecular formula is C40H52F6N2O6S2. The second kappa shape index (κ2) is 20.0. The number of methoxy groups -OCH3 is 2. The second-order valence-corrected chi connectivity index (χ2v) is 16.3. The molecule has 4 fully saturated rings. The van der Waals surface area contributed by atoms with Gasteiger partial charge in [0.25, 0.3) is 0 Å². The predicted octanol–water partition coefficient (Wildman–Crippen LogP) is 9.02. The van der Waals surface area contributed by atoms with Crippen molar-refractivity contribution in [3.8, 4) is 11.5 Å². The number of thioether (sulfide) groups is 2. The topological polar surface area (TPSA) is 77.5 Å². The molecule has 4 aliphatic heterocycles. The van der Waals surface area contributed by atoms with Gasteiger partial charge >= 0.3 is 12.4 Å². The number of halogens is 6. The normalized spacial score (nSPS) is 23.8. The maximum Gasteiger partial charge on any atom is 0.416 e. The van der Waals surface area contributed by atoms with Gasteiger partial charge in [0.15, 0.2) is 11.6 Å². The van der Waals surface area contributed by atoms with E-state index in [1.807, 2.05) is 0 Å². The number of nitrogens with zero attached hydrogens (tertiary/aromatic N) is 2. The molecular weight excluding hydrogens is 783 g/mol. The lowest BCUT2D eigenvalue weighted by Crippen LogP contribution is -2.45. The third-order valence-electron chi connectivity index (χ3n) is 11.2. The highest BCUT2D eigenvalue weighted by molar-refractivity contribution is 7.99. The number of hydrogen-bond acceptors (Lipinski definition) is 10. The van der Waals surface area contributed by atoms with Gasteiger partial charge in [-0.15, -0.1) is 23.5 Å². The predicted molar refractivity (Wildman–Crippen MR) is 204 cm³/mol. The zero-order chi connectivity index (χ0) is 40.6. The Morgan fingerprint density at radius 1 is 0.661 bits per heavy atom. The van der Waals surface area contributed by atoms with Gasteiger partial charge in [-0.25, -0.2) is 0 Å². The summed E-state index contributed by atoms with van der Waals surface area (Å²) in [4.78, 5) is 31.7. The highest BCUT2D eigenvalue weighted by atomic mass is 32.2. The molecule has 0 unspecified atom stereocenters. The van der Waals surface area contributed by atoms with Gasteiger partial charge in [0.2, 0.25) is 0 Å². The minimum atomic E-state index is -4.49. The molecule has 0 aromatic heterocycles. The van der Waals surface area contributed by atoms with Gasteiger partial charge in [-0.1, -0.05) is 0 Å². The number of carbonyl (C=O) groups is 2. The van der Waals surface area contributed by atoms with E-state index in [0.717, 1.165) is 86.8 Å². The molecule has 0 N–H and O–H groups in total. The van der Waals surface area contributed by atoms with Crippen LogP contribution < -0.4 is 9.47 Å². The van der Waals surface area contributed by atoms with Crippen molar-refractivity contribution in [3.05, 3.63) is 46.5 Å². The summed E-state index contributed by atoms with van der Waals surface area (Å²) < 4.78 is 101. The quantitative estimate of drug-likeness (QED) is 0.118. The van der Waals surface area contributed by atoms with Crippen LogP contribution in [0, 0.1) is 11.8 Å². The number of carbonyl (C=O) groups excluding carboxylic acids is 2. The first-order chi connectivity index (χ1) is 26.7. The van der Waals surface area contributed by atoms with E-state index in [9.17, 15) is 35.9 Å². The van der Waals surface area contributed by atoms with E-state index in [-0.39, 0.29) is 58.9 Å². The van der Waals surface area contributed by atoms with Crippen LogP contribution in [-0.2, 0) is 21.8 Å². The number of ketones is 2. The SMILES string of the molecule is COc1cc(C(F)(F)F)cc(SC)c1C(=O)C[C@@H]1COCC[C@H]1N1CCCC1.COc1cc(C(F)(F)F)cc(SC)c1C(=O)C[C@H]1COCC[C@@H]1N1CCCC1. The molecule has 0 radical (unpaired) electrons. The van der Waals surface area contributed by atoms with Gasteiger partial charge in [-0.05, 0) is 101 Å². The summed E-state index contributed by atoms with van der Waals surface area (Å²) in [5.74, 6) is -0.316. The van der Waals surface area contributed by atoms with Gasteiger partial charge in [-0.2, -0.15) is 26.3 Å². The van der Waals surface area contributed by atoms with Crippen molar-refractivity contribution >= 4 is 35.1 Å². The van der Waals surface area contributed by atoms with E-state index in [0.29, 0.717) is 48.3 Å². The number of hydrogen-bond donors (Lipinski definition) is 0. The Bertz CT molecular complexity index is 1480. The molecule has 4 heterocycles. The fourth-order valence-electron chi connectivity index (χ4n) is 8.45.